The molecule has 4 nitrogen and oxygen atoms in total. The van der Waals surface area contributed by atoms with E-state index in [1.54, 1.807) is 0 Å². The summed E-state index contributed by atoms with van der Waals surface area (Å²) in [5.74, 6) is 3.46. The van der Waals surface area contributed by atoms with Gasteiger partial charge in [0, 0.05) is 12.3 Å². The standard InChI is InChI=1S/C15H24N2O2/c1-4-13(18)9-14-16-15(17-19-14)12-7-5-11(6-8-12)10(2)3/h10-12H,4-9H2,1-3H3. The number of carbonyl (C=O) groups excluding carboxylic acids is 1. The van der Waals surface area contributed by atoms with E-state index < -0.39 is 0 Å². The van der Waals surface area contributed by atoms with Crippen LogP contribution in [0.5, 0.6) is 0 Å². The number of hydrogen-bond acceptors (Lipinski definition) is 4. The second kappa shape index (κ2) is 6.31. The van der Waals surface area contributed by atoms with Gasteiger partial charge in [-0.1, -0.05) is 25.9 Å². The van der Waals surface area contributed by atoms with E-state index >= 15 is 0 Å². The van der Waals surface area contributed by atoms with Gasteiger partial charge in [0.05, 0.1) is 6.42 Å². The molecule has 0 aromatic carbocycles. The average molecular weight is 264 g/mol. The maximum atomic E-state index is 11.4. The van der Waals surface area contributed by atoms with Crippen molar-refractivity contribution in [3.05, 3.63) is 11.7 Å². The predicted molar refractivity (Wildman–Crippen MR) is 72.8 cm³/mol. The summed E-state index contributed by atoms with van der Waals surface area (Å²) in [5, 5.41) is 4.06. The van der Waals surface area contributed by atoms with Gasteiger partial charge in [-0.3, -0.25) is 4.79 Å². The molecule has 0 bridgehead atoms. The first kappa shape index (κ1) is 14.2. The lowest BCUT2D eigenvalue weighted by Crippen LogP contribution is -2.18. The van der Waals surface area contributed by atoms with Crippen LogP contribution in [0.1, 0.15) is 70.5 Å². The zero-order valence-corrected chi connectivity index (χ0v) is 12.2. The molecular weight excluding hydrogens is 240 g/mol. The molecule has 0 saturated heterocycles. The van der Waals surface area contributed by atoms with Gasteiger partial charge in [0.2, 0.25) is 5.89 Å². The van der Waals surface area contributed by atoms with Crippen LogP contribution >= 0.6 is 0 Å². The third kappa shape index (κ3) is 3.64. The minimum Gasteiger partial charge on any atom is -0.339 e. The van der Waals surface area contributed by atoms with Crippen molar-refractivity contribution in [1.82, 2.24) is 10.1 Å². The molecule has 1 saturated carbocycles. The Kier molecular flexibility index (Phi) is 4.72. The van der Waals surface area contributed by atoms with Crippen molar-refractivity contribution in [3.8, 4) is 0 Å². The Hall–Kier alpha value is -1.19. The van der Waals surface area contributed by atoms with Gasteiger partial charge in [0.15, 0.2) is 5.82 Å². The molecule has 0 spiro atoms. The molecule has 1 fully saturated rings. The predicted octanol–water partition coefficient (Wildman–Crippen LogP) is 3.52. The molecular formula is C15H24N2O2. The summed E-state index contributed by atoms with van der Waals surface area (Å²) in [6, 6.07) is 0. The summed E-state index contributed by atoms with van der Waals surface area (Å²) in [6.45, 7) is 6.45. The van der Waals surface area contributed by atoms with E-state index in [0.717, 1.165) is 30.5 Å². The Morgan fingerprint density at radius 2 is 2.00 bits per heavy atom. The fraction of sp³-hybridized carbons (Fsp3) is 0.800. The molecule has 2 rings (SSSR count). The highest BCUT2D eigenvalue weighted by atomic mass is 16.5. The molecule has 0 radical (unpaired) electrons. The largest absolute Gasteiger partial charge is 0.339 e. The van der Waals surface area contributed by atoms with E-state index in [-0.39, 0.29) is 12.2 Å². The van der Waals surface area contributed by atoms with Crippen molar-refractivity contribution in [2.45, 2.75) is 65.2 Å². The first-order valence-electron chi connectivity index (χ1n) is 7.44. The van der Waals surface area contributed by atoms with Gasteiger partial charge in [-0.2, -0.15) is 4.98 Å². The number of Topliss-reactive ketones (excluding diaryl/α,β-unsaturated/α-hetero) is 1. The van der Waals surface area contributed by atoms with Gasteiger partial charge in [-0.05, 0) is 37.5 Å². The van der Waals surface area contributed by atoms with E-state index in [1.165, 1.54) is 12.8 Å². The minimum atomic E-state index is 0.152. The van der Waals surface area contributed by atoms with Crippen molar-refractivity contribution in [1.29, 1.82) is 0 Å². The maximum absolute atomic E-state index is 11.4. The Morgan fingerprint density at radius 1 is 1.32 bits per heavy atom. The highest BCUT2D eigenvalue weighted by molar-refractivity contribution is 5.79. The summed E-state index contributed by atoms with van der Waals surface area (Å²) < 4.78 is 5.18. The molecule has 0 amide bonds. The molecule has 1 aromatic rings. The number of rotatable bonds is 5. The average Bonchev–Trinajstić information content (AvgIpc) is 2.87. The zero-order valence-electron chi connectivity index (χ0n) is 12.2. The first-order chi connectivity index (χ1) is 9.10. The van der Waals surface area contributed by atoms with Crippen LogP contribution in [0.4, 0.5) is 0 Å². The van der Waals surface area contributed by atoms with Gasteiger partial charge < -0.3 is 4.52 Å². The molecule has 1 heterocycles. The summed E-state index contributed by atoms with van der Waals surface area (Å²) in [5.41, 5.74) is 0. The van der Waals surface area contributed by atoms with Crippen LogP contribution in [0.3, 0.4) is 0 Å². The fourth-order valence-electron chi connectivity index (χ4n) is 2.84. The van der Waals surface area contributed by atoms with Crippen LogP contribution in [0, 0.1) is 11.8 Å². The highest BCUT2D eigenvalue weighted by Crippen LogP contribution is 2.37. The maximum Gasteiger partial charge on any atom is 0.234 e. The van der Waals surface area contributed by atoms with Crippen LogP contribution < -0.4 is 0 Å². The number of nitrogens with zero attached hydrogens (tertiary/aromatic N) is 2. The van der Waals surface area contributed by atoms with Crippen LogP contribution in [0.2, 0.25) is 0 Å². The molecule has 0 aliphatic heterocycles. The number of ketones is 1. The zero-order chi connectivity index (χ0) is 13.8. The van der Waals surface area contributed by atoms with Gasteiger partial charge in [0.1, 0.15) is 5.78 Å². The summed E-state index contributed by atoms with van der Waals surface area (Å²) in [7, 11) is 0. The van der Waals surface area contributed by atoms with Crippen molar-refractivity contribution in [2.24, 2.45) is 11.8 Å². The monoisotopic (exact) mass is 264 g/mol. The molecule has 4 heteroatoms. The smallest absolute Gasteiger partial charge is 0.234 e. The Bertz CT molecular complexity index is 418. The lowest BCUT2D eigenvalue weighted by molar-refractivity contribution is -0.118. The second-order valence-electron chi connectivity index (χ2n) is 5.97. The summed E-state index contributed by atoms with van der Waals surface area (Å²) in [6.07, 6.45) is 5.59. The van der Waals surface area contributed by atoms with Gasteiger partial charge in [0.25, 0.3) is 0 Å². The van der Waals surface area contributed by atoms with E-state index in [9.17, 15) is 4.79 Å². The first-order valence-corrected chi connectivity index (χ1v) is 7.44. The van der Waals surface area contributed by atoms with Crippen LogP contribution in [-0.2, 0) is 11.2 Å². The summed E-state index contributed by atoms with van der Waals surface area (Å²) >= 11 is 0. The molecule has 0 unspecified atom stereocenters. The lowest BCUT2D eigenvalue weighted by atomic mass is 9.77. The van der Waals surface area contributed by atoms with Gasteiger partial charge in [-0.15, -0.1) is 0 Å². The van der Waals surface area contributed by atoms with Crippen LogP contribution in [-0.4, -0.2) is 15.9 Å². The van der Waals surface area contributed by atoms with Crippen molar-refractivity contribution >= 4 is 5.78 Å². The minimum absolute atomic E-state index is 0.152. The Labute approximate surface area is 115 Å². The molecule has 19 heavy (non-hydrogen) atoms. The van der Waals surface area contributed by atoms with Crippen LogP contribution in [0.15, 0.2) is 4.52 Å². The Morgan fingerprint density at radius 3 is 2.58 bits per heavy atom. The van der Waals surface area contributed by atoms with E-state index in [4.69, 9.17) is 4.52 Å². The lowest BCUT2D eigenvalue weighted by Gasteiger charge is -2.29. The third-order valence-electron chi connectivity index (χ3n) is 4.31. The van der Waals surface area contributed by atoms with Crippen molar-refractivity contribution < 1.29 is 9.32 Å². The van der Waals surface area contributed by atoms with Crippen LogP contribution in [0.25, 0.3) is 0 Å². The number of carbonyl (C=O) groups is 1. The van der Waals surface area contributed by atoms with Crippen molar-refractivity contribution in [3.63, 3.8) is 0 Å². The van der Waals surface area contributed by atoms with Gasteiger partial charge in [-0.25, -0.2) is 0 Å². The molecule has 1 aromatic heterocycles. The van der Waals surface area contributed by atoms with E-state index in [2.05, 4.69) is 24.0 Å². The topological polar surface area (TPSA) is 56.0 Å². The molecule has 0 atom stereocenters. The van der Waals surface area contributed by atoms with E-state index in [1.807, 2.05) is 6.92 Å². The highest BCUT2D eigenvalue weighted by Gasteiger charge is 2.27. The molecule has 0 N–H and O–H groups in total. The quantitative estimate of drug-likeness (QED) is 0.816. The number of hydrogen-bond donors (Lipinski definition) is 0. The molecule has 1 aliphatic rings. The fourth-order valence-corrected chi connectivity index (χ4v) is 2.84. The normalized spacial score (nSPS) is 23.8. The molecule has 1 aliphatic carbocycles. The molecule has 106 valence electrons. The Balaban J connectivity index is 1.91. The second-order valence-corrected chi connectivity index (χ2v) is 5.97. The van der Waals surface area contributed by atoms with E-state index in [0.29, 0.717) is 18.2 Å². The van der Waals surface area contributed by atoms with Gasteiger partial charge >= 0.3 is 0 Å². The van der Waals surface area contributed by atoms with Crippen molar-refractivity contribution in [2.75, 3.05) is 0 Å². The summed E-state index contributed by atoms with van der Waals surface area (Å²) in [4.78, 5) is 15.8. The SMILES string of the molecule is CCC(=O)Cc1nc(C2CCC(C(C)C)CC2)no1. The number of aromatic nitrogens is 2. The third-order valence-corrected chi connectivity index (χ3v) is 4.31.